The summed E-state index contributed by atoms with van der Waals surface area (Å²) >= 11 is 6.04. The number of amides is 1. The number of benzene rings is 2. The number of anilines is 1. The van der Waals surface area contributed by atoms with Crippen LogP contribution in [0, 0.1) is 0 Å². The van der Waals surface area contributed by atoms with E-state index in [0.29, 0.717) is 36.9 Å². The highest BCUT2D eigenvalue weighted by molar-refractivity contribution is 7.92. The summed E-state index contributed by atoms with van der Waals surface area (Å²) in [6.07, 6.45) is 0.582. The van der Waals surface area contributed by atoms with Gasteiger partial charge < -0.3 is 9.32 Å². The monoisotopic (exact) mass is 432 g/mol. The van der Waals surface area contributed by atoms with Gasteiger partial charge in [-0.15, -0.1) is 0 Å². The summed E-state index contributed by atoms with van der Waals surface area (Å²) in [6, 6.07) is 12.7. The number of halogens is 1. The first-order valence-corrected chi connectivity index (χ1v) is 10.8. The fourth-order valence-corrected chi connectivity index (χ4v) is 4.41. The number of rotatable bonds is 4. The number of para-hydroxylation sites is 1. The van der Waals surface area contributed by atoms with Crippen molar-refractivity contribution in [2.45, 2.75) is 17.9 Å². The van der Waals surface area contributed by atoms with Crippen LogP contribution in [-0.2, 0) is 14.8 Å². The lowest BCUT2D eigenvalue weighted by Gasteiger charge is -2.27. The van der Waals surface area contributed by atoms with Gasteiger partial charge >= 0.3 is 0 Å². The lowest BCUT2D eigenvalue weighted by molar-refractivity contribution is -0.120. The molecule has 0 aliphatic carbocycles. The zero-order chi connectivity index (χ0) is 20.6. The van der Waals surface area contributed by atoms with Gasteiger partial charge in [0.1, 0.15) is 11.4 Å². The van der Waals surface area contributed by atoms with Gasteiger partial charge in [-0.25, -0.2) is 0 Å². The van der Waals surface area contributed by atoms with Crippen molar-refractivity contribution in [1.82, 2.24) is 4.90 Å². The predicted molar refractivity (Wildman–Crippen MR) is 109 cm³/mol. The minimum absolute atomic E-state index is 0.0554. The number of furan rings is 1. The first kappa shape index (κ1) is 19.5. The number of hydrogen-bond acceptors (Lipinski definition) is 5. The van der Waals surface area contributed by atoms with E-state index in [1.807, 2.05) is 0 Å². The van der Waals surface area contributed by atoms with Crippen molar-refractivity contribution in [3.8, 4) is 0 Å². The SMILES string of the molecule is O=C1CCN(C(=O)c2ccc(Cl)cc2NS(=O)(=O)c2cc3ccccc3o2)CC1. The van der Waals surface area contributed by atoms with E-state index in [9.17, 15) is 18.0 Å². The van der Waals surface area contributed by atoms with Crippen LogP contribution in [0.2, 0.25) is 5.02 Å². The van der Waals surface area contributed by atoms with Crippen molar-refractivity contribution in [2.75, 3.05) is 17.8 Å². The van der Waals surface area contributed by atoms with Crippen LogP contribution in [0.5, 0.6) is 0 Å². The molecule has 0 radical (unpaired) electrons. The Labute approximate surface area is 172 Å². The van der Waals surface area contributed by atoms with Crippen LogP contribution in [0.1, 0.15) is 23.2 Å². The molecular weight excluding hydrogens is 416 g/mol. The maximum atomic E-state index is 12.9. The van der Waals surface area contributed by atoms with E-state index >= 15 is 0 Å². The Kier molecular flexibility index (Phi) is 5.06. The number of sulfonamides is 1. The maximum Gasteiger partial charge on any atom is 0.295 e. The van der Waals surface area contributed by atoms with E-state index in [2.05, 4.69) is 4.72 Å². The molecule has 0 spiro atoms. The minimum atomic E-state index is -4.09. The summed E-state index contributed by atoms with van der Waals surface area (Å²) < 4.78 is 33.6. The number of carbonyl (C=O) groups excluding carboxylic acids is 2. The molecule has 0 bridgehead atoms. The van der Waals surface area contributed by atoms with E-state index in [1.54, 1.807) is 24.3 Å². The van der Waals surface area contributed by atoms with Crippen LogP contribution < -0.4 is 4.72 Å². The van der Waals surface area contributed by atoms with Gasteiger partial charge in [-0.2, -0.15) is 8.42 Å². The molecule has 2 aromatic carbocycles. The van der Waals surface area contributed by atoms with Crippen molar-refractivity contribution in [3.05, 3.63) is 59.1 Å². The molecule has 0 unspecified atom stereocenters. The topological polar surface area (TPSA) is 96.7 Å². The molecule has 3 aromatic rings. The number of ketones is 1. The normalized spacial score (nSPS) is 14.9. The van der Waals surface area contributed by atoms with Crippen LogP contribution in [0.25, 0.3) is 11.0 Å². The number of piperidine rings is 1. The second-order valence-electron chi connectivity index (χ2n) is 6.73. The van der Waals surface area contributed by atoms with Gasteiger partial charge in [0.15, 0.2) is 0 Å². The standard InChI is InChI=1S/C20H17ClN2O5S/c21-14-5-6-16(20(25)23-9-7-15(24)8-10-23)17(12-14)22-29(26,27)19-11-13-3-1-2-4-18(13)28-19/h1-6,11-12,22H,7-10H2. The van der Waals surface area contributed by atoms with Crippen molar-refractivity contribution in [1.29, 1.82) is 0 Å². The third-order valence-corrected chi connectivity index (χ3v) is 6.19. The summed E-state index contributed by atoms with van der Waals surface area (Å²) in [6.45, 7) is 0.603. The van der Waals surface area contributed by atoms with Gasteiger partial charge in [-0.3, -0.25) is 14.3 Å². The van der Waals surface area contributed by atoms with Gasteiger partial charge in [0.05, 0.1) is 11.3 Å². The van der Waals surface area contributed by atoms with E-state index in [-0.39, 0.29) is 33.1 Å². The number of nitrogens with one attached hydrogen (secondary N) is 1. The Morgan fingerprint density at radius 3 is 2.52 bits per heavy atom. The van der Waals surface area contributed by atoms with E-state index in [4.69, 9.17) is 16.0 Å². The summed E-state index contributed by atoms with van der Waals surface area (Å²) in [5, 5.41) is 0.659. The molecule has 1 amide bonds. The smallest absolute Gasteiger partial charge is 0.295 e. The lowest BCUT2D eigenvalue weighted by Crippen LogP contribution is -2.39. The number of carbonyl (C=O) groups is 2. The molecule has 1 N–H and O–H groups in total. The zero-order valence-electron chi connectivity index (χ0n) is 15.2. The van der Waals surface area contributed by atoms with Crippen LogP contribution >= 0.6 is 11.6 Å². The Bertz CT molecular complexity index is 1180. The molecule has 0 atom stereocenters. The number of nitrogens with zero attached hydrogens (tertiary/aromatic N) is 1. The molecule has 1 aliphatic rings. The molecule has 0 saturated carbocycles. The molecule has 4 rings (SSSR count). The number of fused-ring (bicyclic) bond motifs is 1. The minimum Gasteiger partial charge on any atom is -0.443 e. The fraction of sp³-hybridized carbons (Fsp3) is 0.200. The highest BCUT2D eigenvalue weighted by atomic mass is 35.5. The van der Waals surface area contributed by atoms with Crippen LogP contribution in [-0.4, -0.2) is 38.1 Å². The first-order chi connectivity index (χ1) is 13.8. The summed E-state index contributed by atoms with van der Waals surface area (Å²) in [5.74, 6) is -0.257. The molecule has 29 heavy (non-hydrogen) atoms. The van der Waals surface area contributed by atoms with Crippen LogP contribution in [0.3, 0.4) is 0 Å². The fourth-order valence-electron chi connectivity index (χ4n) is 3.20. The molecule has 1 fully saturated rings. The summed E-state index contributed by atoms with van der Waals surface area (Å²) in [5.41, 5.74) is 0.650. The number of likely N-dealkylation sites (tertiary alicyclic amines) is 1. The van der Waals surface area contributed by atoms with Gasteiger partial charge in [0, 0.05) is 42.4 Å². The summed E-state index contributed by atoms with van der Waals surface area (Å²) in [4.78, 5) is 25.9. The molecular formula is C20H17ClN2O5S. The maximum absolute atomic E-state index is 12.9. The number of Topliss-reactive ketones (excluding diaryl/α,β-unsaturated/α-hetero) is 1. The third kappa shape index (κ3) is 3.99. The lowest BCUT2D eigenvalue weighted by atomic mass is 10.1. The van der Waals surface area contributed by atoms with Gasteiger partial charge in [-0.05, 0) is 24.3 Å². The zero-order valence-corrected chi connectivity index (χ0v) is 16.8. The molecule has 1 aliphatic heterocycles. The Morgan fingerprint density at radius 1 is 1.07 bits per heavy atom. The first-order valence-electron chi connectivity index (χ1n) is 8.95. The second-order valence-corrected chi connectivity index (χ2v) is 8.78. The number of hydrogen-bond donors (Lipinski definition) is 1. The van der Waals surface area contributed by atoms with E-state index < -0.39 is 10.0 Å². The Balaban J connectivity index is 1.66. The van der Waals surface area contributed by atoms with Crippen molar-refractivity contribution in [3.63, 3.8) is 0 Å². The highest BCUT2D eigenvalue weighted by Gasteiger charge is 2.27. The van der Waals surface area contributed by atoms with Crippen molar-refractivity contribution >= 4 is 50.0 Å². The van der Waals surface area contributed by atoms with Crippen LogP contribution in [0.15, 0.2) is 58.0 Å². The third-order valence-electron chi connectivity index (χ3n) is 4.73. The van der Waals surface area contributed by atoms with Crippen molar-refractivity contribution in [2.24, 2.45) is 0 Å². The van der Waals surface area contributed by atoms with Gasteiger partial charge in [0.2, 0.25) is 5.09 Å². The van der Waals surface area contributed by atoms with E-state index in [0.717, 1.165) is 0 Å². The molecule has 1 aromatic heterocycles. The molecule has 150 valence electrons. The average molecular weight is 433 g/mol. The molecule has 2 heterocycles. The van der Waals surface area contributed by atoms with Crippen molar-refractivity contribution < 1.29 is 22.4 Å². The summed E-state index contributed by atoms with van der Waals surface area (Å²) in [7, 11) is -4.09. The Morgan fingerprint density at radius 2 is 1.79 bits per heavy atom. The van der Waals surface area contributed by atoms with Gasteiger partial charge in [0.25, 0.3) is 15.9 Å². The second kappa shape index (κ2) is 7.53. The molecule has 7 nitrogen and oxygen atoms in total. The average Bonchev–Trinajstić information content (AvgIpc) is 3.13. The van der Waals surface area contributed by atoms with E-state index in [1.165, 1.54) is 29.2 Å². The Hall–Kier alpha value is -2.84. The quantitative estimate of drug-likeness (QED) is 0.678. The van der Waals surface area contributed by atoms with Gasteiger partial charge in [-0.1, -0.05) is 29.8 Å². The molecule has 1 saturated heterocycles. The van der Waals surface area contributed by atoms with Crippen LogP contribution in [0.4, 0.5) is 5.69 Å². The largest absolute Gasteiger partial charge is 0.443 e. The highest BCUT2D eigenvalue weighted by Crippen LogP contribution is 2.28. The molecule has 9 heteroatoms. The predicted octanol–water partition coefficient (Wildman–Crippen LogP) is 3.69.